The second-order valence-corrected chi connectivity index (χ2v) is 6.01. The molecule has 0 spiro atoms. The maximum atomic E-state index is 12.6. The highest BCUT2D eigenvalue weighted by Gasteiger charge is 2.19. The van der Waals surface area contributed by atoms with E-state index in [2.05, 4.69) is 5.32 Å². The maximum absolute atomic E-state index is 12.6. The lowest BCUT2D eigenvalue weighted by atomic mass is 10.2. The Hall–Kier alpha value is -2.24. The average Bonchev–Trinajstić information content (AvgIpc) is 2.61. The standard InChI is InChI=1S/C18H18Cl2N2O3/c1-3-22(18(24)12-8-9-13(19)14(20)10-12)11-17(23)21-15-6-4-5-7-16(15)25-2/h4-10H,3,11H2,1-2H3,(H,21,23). The van der Waals surface area contributed by atoms with Gasteiger partial charge in [-0.15, -0.1) is 0 Å². The summed E-state index contributed by atoms with van der Waals surface area (Å²) in [7, 11) is 1.52. The second kappa shape index (κ2) is 8.74. The Morgan fingerprint density at radius 3 is 2.48 bits per heavy atom. The lowest BCUT2D eigenvalue weighted by Gasteiger charge is -2.21. The summed E-state index contributed by atoms with van der Waals surface area (Å²) in [5, 5.41) is 3.41. The number of rotatable bonds is 6. The summed E-state index contributed by atoms with van der Waals surface area (Å²) in [6, 6.07) is 11.7. The van der Waals surface area contributed by atoms with E-state index in [1.165, 1.54) is 18.1 Å². The average molecular weight is 381 g/mol. The van der Waals surface area contributed by atoms with Gasteiger partial charge >= 0.3 is 0 Å². The fourth-order valence-electron chi connectivity index (χ4n) is 2.25. The van der Waals surface area contributed by atoms with Gasteiger partial charge in [-0.3, -0.25) is 9.59 Å². The van der Waals surface area contributed by atoms with Crippen LogP contribution in [0.1, 0.15) is 17.3 Å². The van der Waals surface area contributed by atoms with Crippen LogP contribution in [0.15, 0.2) is 42.5 Å². The molecule has 25 heavy (non-hydrogen) atoms. The van der Waals surface area contributed by atoms with Crippen molar-refractivity contribution >= 4 is 40.7 Å². The highest BCUT2D eigenvalue weighted by atomic mass is 35.5. The predicted octanol–water partition coefficient (Wildman–Crippen LogP) is 4.10. The molecule has 7 heteroatoms. The van der Waals surface area contributed by atoms with Crippen molar-refractivity contribution in [1.29, 1.82) is 0 Å². The molecule has 0 fully saturated rings. The molecule has 0 bridgehead atoms. The van der Waals surface area contributed by atoms with Gasteiger partial charge in [0.1, 0.15) is 12.3 Å². The van der Waals surface area contributed by atoms with Gasteiger partial charge in [0.25, 0.3) is 5.91 Å². The molecule has 2 amide bonds. The number of carbonyl (C=O) groups is 2. The Morgan fingerprint density at radius 1 is 1.12 bits per heavy atom. The topological polar surface area (TPSA) is 58.6 Å². The SMILES string of the molecule is CCN(CC(=O)Nc1ccccc1OC)C(=O)c1ccc(Cl)c(Cl)c1. The number of ether oxygens (including phenoxy) is 1. The molecule has 0 aromatic heterocycles. The van der Waals surface area contributed by atoms with E-state index in [4.69, 9.17) is 27.9 Å². The Bertz CT molecular complexity index is 781. The predicted molar refractivity (Wildman–Crippen MR) is 99.7 cm³/mol. The number of halogens is 2. The first-order valence-corrected chi connectivity index (χ1v) is 8.39. The molecule has 0 aliphatic carbocycles. The zero-order chi connectivity index (χ0) is 18.4. The number of likely N-dealkylation sites (N-methyl/N-ethyl adjacent to an activating group) is 1. The van der Waals surface area contributed by atoms with Crippen LogP contribution >= 0.6 is 23.2 Å². The summed E-state index contributed by atoms with van der Waals surface area (Å²) < 4.78 is 5.20. The molecule has 0 unspecified atom stereocenters. The van der Waals surface area contributed by atoms with Crippen LogP contribution < -0.4 is 10.1 Å². The van der Waals surface area contributed by atoms with Gasteiger partial charge in [0.05, 0.1) is 22.8 Å². The van der Waals surface area contributed by atoms with E-state index in [0.29, 0.717) is 33.6 Å². The lowest BCUT2D eigenvalue weighted by molar-refractivity contribution is -0.116. The minimum Gasteiger partial charge on any atom is -0.495 e. The summed E-state index contributed by atoms with van der Waals surface area (Å²) in [4.78, 5) is 26.3. The number of anilines is 1. The molecule has 0 aliphatic heterocycles. The summed E-state index contributed by atoms with van der Waals surface area (Å²) in [5.41, 5.74) is 0.925. The van der Waals surface area contributed by atoms with Crippen molar-refractivity contribution in [2.45, 2.75) is 6.92 Å². The number of amides is 2. The van der Waals surface area contributed by atoms with Crippen LogP contribution in [-0.4, -0.2) is 36.9 Å². The van der Waals surface area contributed by atoms with Crippen LogP contribution in [0, 0.1) is 0 Å². The van der Waals surface area contributed by atoms with E-state index in [-0.39, 0.29) is 18.4 Å². The Balaban J connectivity index is 2.09. The van der Waals surface area contributed by atoms with E-state index in [1.54, 1.807) is 43.3 Å². The number of hydrogen-bond acceptors (Lipinski definition) is 3. The summed E-state index contributed by atoms with van der Waals surface area (Å²) in [6.07, 6.45) is 0. The van der Waals surface area contributed by atoms with Crippen LogP contribution in [0.25, 0.3) is 0 Å². The molecular weight excluding hydrogens is 363 g/mol. The van der Waals surface area contributed by atoms with Crippen molar-refractivity contribution in [3.8, 4) is 5.75 Å². The number of methoxy groups -OCH3 is 1. The highest BCUT2D eigenvalue weighted by Crippen LogP contribution is 2.24. The normalized spacial score (nSPS) is 10.2. The van der Waals surface area contributed by atoms with Gasteiger partial charge in [-0.05, 0) is 37.3 Å². The smallest absolute Gasteiger partial charge is 0.254 e. The molecule has 1 N–H and O–H groups in total. The van der Waals surface area contributed by atoms with Gasteiger partial charge in [-0.25, -0.2) is 0 Å². The highest BCUT2D eigenvalue weighted by molar-refractivity contribution is 6.42. The van der Waals surface area contributed by atoms with Gasteiger partial charge in [0, 0.05) is 12.1 Å². The third kappa shape index (κ3) is 4.87. The number of nitrogens with zero attached hydrogens (tertiary/aromatic N) is 1. The first-order chi connectivity index (χ1) is 12.0. The number of para-hydroxylation sites is 2. The molecule has 132 valence electrons. The molecule has 0 saturated heterocycles. The Kier molecular flexibility index (Phi) is 6.67. The van der Waals surface area contributed by atoms with Crippen LogP contribution in [0.2, 0.25) is 10.0 Å². The van der Waals surface area contributed by atoms with Crippen LogP contribution in [0.3, 0.4) is 0 Å². The molecule has 2 rings (SSSR count). The second-order valence-electron chi connectivity index (χ2n) is 5.20. The van der Waals surface area contributed by atoms with Crippen molar-refractivity contribution < 1.29 is 14.3 Å². The van der Waals surface area contributed by atoms with E-state index in [0.717, 1.165) is 0 Å². The van der Waals surface area contributed by atoms with Crippen molar-refractivity contribution in [2.24, 2.45) is 0 Å². The number of nitrogens with one attached hydrogen (secondary N) is 1. The van der Waals surface area contributed by atoms with Crippen molar-refractivity contribution in [1.82, 2.24) is 4.90 Å². The van der Waals surface area contributed by atoms with Crippen LogP contribution in [-0.2, 0) is 4.79 Å². The quantitative estimate of drug-likeness (QED) is 0.820. The minimum absolute atomic E-state index is 0.0897. The van der Waals surface area contributed by atoms with Gasteiger partial charge < -0.3 is 15.0 Å². The number of benzene rings is 2. The van der Waals surface area contributed by atoms with Gasteiger partial charge in [0.2, 0.25) is 5.91 Å². The number of carbonyl (C=O) groups excluding carboxylic acids is 2. The van der Waals surface area contributed by atoms with Crippen molar-refractivity contribution in [3.05, 3.63) is 58.1 Å². The lowest BCUT2D eigenvalue weighted by Crippen LogP contribution is -2.37. The van der Waals surface area contributed by atoms with Gasteiger partial charge in [-0.2, -0.15) is 0 Å². The zero-order valence-electron chi connectivity index (χ0n) is 13.9. The molecule has 2 aromatic rings. The van der Waals surface area contributed by atoms with E-state index in [1.807, 2.05) is 0 Å². The summed E-state index contributed by atoms with van der Waals surface area (Å²) in [5.74, 6) is -0.0642. The molecule has 0 radical (unpaired) electrons. The van der Waals surface area contributed by atoms with Crippen LogP contribution in [0.4, 0.5) is 5.69 Å². The Labute approximate surface area is 156 Å². The maximum Gasteiger partial charge on any atom is 0.254 e. The van der Waals surface area contributed by atoms with Crippen LogP contribution in [0.5, 0.6) is 5.75 Å². The molecule has 2 aromatic carbocycles. The molecular formula is C18H18Cl2N2O3. The first kappa shape index (κ1) is 19.1. The monoisotopic (exact) mass is 380 g/mol. The van der Waals surface area contributed by atoms with Crippen molar-refractivity contribution in [3.63, 3.8) is 0 Å². The fourth-order valence-corrected chi connectivity index (χ4v) is 2.55. The molecule has 5 nitrogen and oxygen atoms in total. The van der Waals surface area contributed by atoms with E-state index in [9.17, 15) is 9.59 Å². The largest absolute Gasteiger partial charge is 0.495 e. The number of hydrogen-bond donors (Lipinski definition) is 1. The van der Waals surface area contributed by atoms with Gasteiger partial charge in [0.15, 0.2) is 0 Å². The minimum atomic E-state index is -0.320. The van der Waals surface area contributed by atoms with E-state index >= 15 is 0 Å². The molecule has 0 saturated carbocycles. The van der Waals surface area contributed by atoms with E-state index < -0.39 is 0 Å². The Morgan fingerprint density at radius 2 is 1.84 bits per heavy atom. The zero-order valence-corrected chi connectivity index (χ0v) is 15.4. The molecule has 0 atom stereocenters. The molecule has 0 aliphatic rings. The third-order valence-electron chi connectivity index (χ3n) is 3.55. The van der Waals surface area contributed by atoms with Crippen molar-refractivity contribution in [2.75, 3.05) is 25.5 Å². The summed E-state index contributed by atoms with van der Waals surface area (Å²) in [6.45, 7) is 2.08. The summed E-state index contributed by atoms with van der Waals surface area (Å²) >= 11 is 11.8. The first-order valence-electron chi connectivity index (χ1n) is 7.63. The third-order valence-corrected chi connectivity index (χ3v) is 4.29. The fraction of sp³-hybridized carbons (Fsp3) is 0.222. The molecule has 0 heterocycles. The van der Waals surface area contributed by atoms with Gasteiger partial charge in [-0.1, -0.05) is 35.3 Å².